The lowest BCUT2D eigenvalue weighted by Crippen LogP contribution is -2.43. The molecular formula is C16H23N3O3S. The van der Waals surface area contributed by atoms with E-state index in [1.807, 2.05) is 23.3 Å². The summed E-state index contributed by atoms with van der Waals surface area (Å²) < 4.78 is 0. The summed E-state index contributed by atoms with van der Waals surface area (Å²) in [4.78, 5) is 38.3. The van der Waals surface area contributed by atoms with Crippen LogP contribution in [0.1, 0.15) is 38.0 Å². The summed E-state index contributed by atoms with van der Waals surface area (Å²) in [5.41, 5.74) is -0.897. The van der Waals surface area contributed by atoms with E-state index in [4.69, 9.17) is 0 Å². The summed E-state index contributed by atoms with van der Waals surface area (Å²) in [5.74, 6) is -0.225. The number of thiophene rings is 1. The van der Waals surface area contributed by atoms with Gasteiger partial charge in [0.1, 0.15) is 5.54 Å². The number of rotatable bonds is 8. The molecule has 1 aromatic heterocycles. The first kappa shape index (κ1) is 17.5. The lowest BCUT2D eigenvalue weighted by atomic mass is 9.95. The molecule has 0 saturated carbocycles. The zero-order valence-electron chi connectivity index (χ0n) is 13.6. The fourth-order valence-corrected chi connectivity index (χ4v) is 3.36. The van der Waals surface area contributed by atoms with Crippen LogP contribution < -0.4 is 10.6 Å². The topological polar surface area (TPSA) is 78.5 Å². The van der Waals surface area contributed by atoms with E-state index in [1.165, 1.54) is 4.88 Å². The number of hydrogen-bond donors (Lipinski definition) is 2. The molecule has 1 atom stereocenters. The Morgan fingerprint density at radius 2 is 2.17 bits per heavy atom. The number of hydrogen-bond acceptors (Lipinski definition) is 4. The number of carbonyl (C=O) groups excluding carboxylic acids is 3. The predicted molar refractivity (Wildman–Crippen MR) is 89.2 cm³/mol. The first-order valence-corrected chi connectivity index (χ1v) is 8.76. The van der Waals surface area contributed by atoms with Crippen LogP contribution in [-0.2, 0) is 16.0 Å². The molecule has 1 fully saturated rings. The van der Waals surface area contributed by atoms with Crippen molar-refractivity contribution in [2.75, 3.05) is 13.1 Å². The molecule has 1 aromatic rings. The van der Waals surface area contributed by atoms with E-state index in [1.54, 1.807) is 18.3 Å². The molecule has 1 aliphatic rings. The number of urea groups is 1. The number of likely N-dealkylation sites (N-methyl/N-ethyl adjacent to an activating group) is 1. The van der Waals surface area contributed by atoms with Gasteiger partial charge >= 0.3 is 6.03 Å². The highest BCUT2D eigenvalue weighted by Crippen LogP contribution is 2.18. The molecule has 0 aliphatic carbocycles. The molecule has 0 spiro atoms. The van der Waals surface area contributed by atoms with Crippen molar-refractivity contribution in [1.82, 2.24) is 15.5 Å². The zero-order valence-corrected chi connectivity index (χ0v) is 14.4. The molecule has 4 amide bonds. The lowest BCUT2D eigenvalue weighted by Gasteiger charge is -2.23. The molecule has 0 aromatic carbocycles. The average Bonchev–Trinajstić information content (AvgIpc) is 3.08. The molecule has 2 heterocycles. The predicted octanol–water partition coefficient (Wildman–Crippen LogP) is 1.91. The minimum Gasteiger partial charge on any atom is -0.343 e. The third kappa shape index (κ3) is 4.54. The Hall–Kier alpha value is -1.89. The number of imide groups is 1. The van der Waals surface area contributed by atoms with Crippen LogP contribution in [0.15, 0.2) is 17.5 Å². The molecule has 2 rings (SSSR count). The quantitative estimate of drug-likeness (QED) is 0.711. The van der Waals surface area contributed by atoms with Gasteiger partial charge in [0.15, 0.2) is 0 Å². The first-order valence-electron chi connectivity index (χ1n) is 7.88. The van der Waals surface area contributed by atoms with Crippen molar-refractivity contribution < 1.29 is 14.4 Å². The van der Waals surface area contributed by atoms with Crippen LogP contribution in [0.25, 0.3) is 0 Å². The van der Waals surface area contributed by atoms with Gasteiger partial charge in [0.25, 0.3) is 5.91 Å². The van der Waals surface area contributed by atoms with Gasteiger partial charge in [-0.15, -0.1) is 11.3 Å². The maximum absolute atomic E-state index is 12.3. The second-order valence-corrected chi connectivity index (χ2v) is 6.93. The highest BCUT2D eigenvalue weighted by molar-refractivity contribution is 7.09. The van der Waals surface area contributed by atoms with Crippen molar-refractivity contribution in [3.63, 3.8) is 0 Å². The van der Waals surface area contributed by atoms with Crippen molar-refractivity contribution in [3.8, 4) is 0 Å². The summed E-state index contributed by atoms with van der Waals surface area (Å²) in [6.45, 7) is 5.05. The van der Waals surface area contributed by atoms with Gasteiger partial charge < -0.3 is 10.2 Å². The summed E-state index contributed by atoms with van der Waals surface area (Å²) in [5, 5.41) is 6.89. The smallest absolute Gasteiger partial charge is 0.322 e. The van der Waals surface area contributed by atoms with Gasteiger partial charge in [0.2, 0.25) is 5.91 Å². The molecule has 0 bridgehead atoms. The van der Waals surface area contributed by atoms with Gasteiger partial charge in [0.05, 0.1) is 0 Å². The maximum Gasteiger partial charge on any atom is 0.322 e. The monoisotopic (exact) mass is 337 g/mol. The van der Waals surface area contributed by atoms with Gasteiger partial charge in [-0.1, -0.05) is 6.07 Å². The van der Waals surface area contributed by atoms with E-state index < -0.39 is 11.6 Å². The van der Waals surface area contributed by atoms with Crippen LogP contribution >= 0.6 is 11.3 Å². The molecule has 23 heavy (non-hydrogen) atoms. The third-order valence-electron chi connectivity index (χ3n) is 4.13. The number of amides is 4. The van der Waals surface area contributed by atoms with Crippen molar-refractivity contribution >= 4 is 29.2 Å². The highest BCUT2D eigenvalue weighted by atomic mass is 32.1. The number of nitrogens with zero attached hydrogens (tertiary/aromatic N) is 1. The van der Waals surface area contributed by atoms with E-state index >= 15 is 0 Å². The molecule has 1 unspecified atom stereocenters. The van der Waals surface area contributed by atoms with Crippen LogP contribution in [-0.4, -0.2) is 41.4 Å². The van der Waals surface area contributed by atoms with Crippen molar-refractivity contribution in [1.29, 1.82) is 0 Å². The molecule has 1 aliphatic heterocycles. The molecule has 1 saturated heterocycles. The van der Waals surface area contributed by atoms with Crippen molar-refractivity contribution in [2.24, 2.45) is 0 Å². The van der Waals surface area contributed by atoms with E-state index in [9.17, 15) is 14.4 Å². The fourth-order valence-electron chi connectivity index (χ4n) is 2.67. The molecule has 7 heteroatoms. The van der Waals surface area contributed by atoms with Crippen LogP contribution in [0, 0.1) is 0 Å². The normalized spacial score (nSPS) is 20.3. The van der Waals surface area contributed by atoms with E-state index in [0.717, 1.165) is 6.42 Å². The molecule has 126 valence electrons. The van der Waals surface area contributed by atoms with Crippen LogP contribution in [0.2, 0.25) is 0 Å². The zero-order chi connectivity index (χ0) is 16.9. The third-order valence-corrected chi connectivity index (χ3v) is 5.06. The van der Waals surface area contributed by atoms with Gasteiger partial charge in [-0.25, -0.2) is 4.79 Å². The SMILES string of the molecule is CCN(CCc1cccs1)C(=O)CCCC1(C)NC(=O)NC1=O. The second kappa shape index (κ2) is 7.59. The van der Waals surface area contributed by atoms with Crippen molar-refractivity contribution in [2.45, 2.75) is 45.1 Å². The Kier molecular flexibility index (Phi) is 5.76. The van der Waals surface area contributed by atoms with E-state index in [2.05, 4.69) is 16.7 Å². The van der Waals surface area contributed by atoms with Gasteiger partial charge in [-0.05, 0) is 44.6 Å². The summed E-state index contributed by atoms with van der Waals surface area (Å²) >= 11 is 1.70. The minimum absolute atomic E-state index is 0.0948. The maximum atomic E-state index is 12.3. The molecule has 0 radical (unpaired) electrons. The van der Waals surface area contributed by atoms with Gasteiger partial charge in [-0.2, -0.15) is 0 Å². The van der Waals surface area contributed by atoms with E-state index in [0.29, 0.717) is 32.4 Å². The van der Waals surface area contributed by atoms with Gasteiger partial charge in [0, 0.05) is 24.4 Å². The standard InChI is InChI=1S/C16H23N3O3S/c1-3-19(10-8-12-6-5-11-23-12)13(20)7-4-9-16(2)14(21)17-15(22)18-16/h5-6,11H,3-4,7-10H2,1-2H3,(H2,17,18,21,22). The highest BCUT2D eigenvalue weighted by Gasteiger charge is 2.41. The summed E-state index contributed by atoms with van der Waals surface area (Å²) in [6, 6.07) is 3.63. The van der Waals surface area contributed by atoms with Gasteiger partial charge in [-0.3, -0.25) is 14.9 Å². The molecule has 2 N–H and O–H groups in total. The second-order valence-electron chi connectivity index (χ2n) is 5.90. The Morgan fingerprint density at radius 3 is 2.74 bits per heavy atom. The Labute approximate surface area is 140 Å². The molecule has 6 nitrogen and oxygen atoms in total. The Morgan fingerprint density at radius 1 is 1.39 bits per heavy atom. The minimum atomic E-state index is -0.897. The average molecular weight is 337 g/mol. The Bertz CT molecular complexity index is 573. The van der Waals surface area contributed by atoms with Crippen LogP contribution in [0.4, 0.5) is 4.79 Å². The Balaban J connectivity index is 1.76. The fraction of sp³-hybridized carbons (Fsp3) is 0.562. The van der Waals surface area contributed by atoms with E-state index in [-0.39, 0.29) is 11.8 Å². The molecular weight excluding hydrogens is 314 g/mol. The van der Waals surface area contributed by atoms with Crippen LogP contribution in [0.3, 0.4) is 0 Å². The number of carbonyl (C=O) groups is 3. The first-order chi connectivity index (χ1) is 10.9. The van der Waals surface area contributed by atoms with Crippen molar-refractivity contribution in [3.05, 3.63) is 22.4 Å². The summed E-state index contributed by atoms with van der Waals surface area (Å²) in [6.07, 6.45) is 2.28. The number of nitrogens with one attached hydrogen (secondary N) is 2. The lowest BCUT2D eigenvalue weighted by molar-refractivity contribution is -0.131. The van der Waals surface area contributed by atoms with Crippen LogP contribution in [0.5, 0.6) is 0 Å². The summed E-state index contributed by atoms with van der Waals surface area (Å²) in [7, 11) is 0. The largest absolute Gasteiger partial charge is 0.343 e.